The van der Waals surface area contributed by atoms with Gasteiger partial charge in [0.2, 0.25) is 5.88 Å². The number of pyridine rings is 1. The molecule has 0 fully saturated rings. The van der Waals surface area contributed by atoms with Crippen LogP contribution in [0, 0.1) is 0 Å². The maximum absolute atomic E-state index is 11.5. The Morgan fingerprint density at radius 3 is 2.78 bits per heavy atom. The van der Waals surface area contributed by atoms with Crippen LogP contribution in [0.5, 0.6) is 5.88 Å². The van der Waals surface area contributed by atoms with Crippen molar-refractivity contribution in [3.05, 3.63) is 18.3 Å². The molecule has 0 saturated heterocycles. The van der Waals surface area contributed by atoms with Gasteiger partial charge in [-0.15, -0.1) is 0 Å². The molecule has 0 unspecified atom stereocenters. The van der Waals surface area contributed by atoms with Gasteiger partial charge in [-0.2, -0.15) is 0 Å². The molecule has 0 bridgehead atoms. The maximum Gasteiger partial charge on any atom is 0.232 e. The predicted molar refractivity (Wildman–Crippen MR) is 70.6 cm³/mol. The Hall–Kier alpha value is -1.14. The van der Waals surface area contributed by atoms with E-state index in [4.69, 9.17) is 4.74 Å². The van der Waals surface area contributed by atoms with Gasteiger partial charge in [0.25, 0.3) is 0 Å². The van der Waals surface area contributed by atoms with E-state index in [0.717, 1.165) is 19.2 Å². The summed E-state index contributed by atoms with van der Waals surface area (Å²) >= 11 is 0. The van der Waals surface area contributed by atoms with Gasteiger partial charge in [-0.05, 0) is 25.1 Å². The summed E-state index contributed by atoms with van der Waals surface area (Å²) in [6.07, 6.45) is 3.48. The fourth-order valence-corrected chi connectivity index (χ4v) is 2.15. The summed E-state index contributed by atoms with van der Waals surface area (Å²) in [7, 11) is -3.29. The van der Waals surface area contributed by atoms with E-state index in [0.29, 0.717) is 12.6 Å². The highest BCUT2D eigenvalue weighted by Gasteiger charge is 2.14. The summed E-state index contributed by atoms with van der Waals surface area (Å²) in [6.45, 7) is 5.42. The van der Waals surface area contributed by atoms with Gasteiger partial charge in [0.15, 0.2) is 9.84 Å². The maximum atomic E-state index is 11.5. The lowest BCUT2D eigenvalue weighted by atomic mass is 10.3. The number of nitrogens with one attached hydrogen (secondary N) is 1. The molecule has 0 spiro atoms. The molecule has 0 saturated carbocycles. The summed E-state index contributed by atoms with van der Waals surface area (Å²) in [5.74, 6) is 0.185. The van der Waals surface area contributed by atoms with E-state index < -0.39 is 9.84 Å². The van der Waals surface area contributed by atoms with Crippen LogP contribution in [-0.4, -0.2) is 38.9 Å². The number of hydrogen-bond acceptors (Lipinski definition) is 5. The second kappa shape index (κ2) is 6.70. The molecule has 6 heteroatoms. The lowest BCUT2D eigenvalue weighted by Crippen LogP contribution is -2.24. The van der Waals surface area contributed by atoms with Crippen molar-refractivity contribution in [1.82, 2.24) is 10.3 Å². The van der Waals surface area contributed by atoms with Gasteiger partial charge >= 0.3 is 0 Å². The zero-order valence-electron chi connectivity index (χ0n) is 11.0. The number of rotatable bonds is 7. The Morgan fingerprint density at radius 2 is 2.17 bits per heavy atom. The van der Waals surface area contributed by atoms with Crippen LogP contribution < -0.4 is 10.1 Å². The molecule has 5 nitrogen and oxygen atoms in total. The molecule has 102 valence electrons. The smallest absolute Gasteiger partial charge is 0.232 e. The quantitative estimate of drug-likeness (QED) is 0.757. The fraction of sp³-hybridized carbons (Fsp3) is 0.583. The van der Waals surface area contributed by atoms with Crippen molar-refractivity contribution >= 4 is 9.84 Å². The predicted octanol–water partition coefficient (Wildman–Crippen LogP) is 1.25. The third-order valence-electron chi connectivity index (χ3n) is 2.25. The Bertz CT molecular complexity index is 472. The van der Waals surface area contributed by atoms with E-state index in [-0.39, 0.29) is 10.8 Å². The Balaban J connectivity index is 2.53. The number of aromatic nitrogens is 1. The Labute approximate surface area is 108 Å². The second-order valence-electron chi connectivity index (χ2n) is 4.39. The van der Waals surface area contributed by atoms with Gasteiger partial charge in [-0.3, -0.25) is 0 Å². The number of ether oxygens (including phenoxy) is 1. The molecule has 1 N–H and O–H groups in total. The molecule has 1 aromatic heterocycles. The Kier molecular flexibility index (Phi) is 5.55. The molecular weight excluding hydrogens is 252 g/mol. The van der Waals surface area contributed by atoms with E-state index in [1.54, 1.807) is 6.07 Å². The topological polar surface area (TPSA) is 68.3 Å². The van der Waals surface area contributed by atoms with E-state index >= 15 is 0 Å². The lowest BCUT2D eigenvalue weighted by molar-refractivity contribution is 0.287. The van der Waals surface area contributed by atoms with Gasteiger partial charge in [0.1, 0.15) is 4.90 Å². The van der Waals surface area contributed by atoms with Crippen molar-refractivity contribution in [2.45, 2.75) is 31.2 Å². The molecule has 0 aliphatic carbocycles. The van der Waals surface area contributed by atoms with Crippen molar-refractivity contribution < 1.29 is 13.2 Å². The monoisotopic (exact) mass is 272 g/mol. The molecule has 1 heterocycles. The average molecular weight is 272 g/mol. The van der Waals surface area contributed by atoms with Crippen molar-refractivity contribution in [3.63, 3.8) is 0 Å². The minimum Gasteiger partial charge on any atom is -0.477 e. The summed E-state index contributed by atoms with van der Waals surface area (Å²) in [5, 5.41) is 3.26. The molecular formula is C12H20N2O3S. The zero-order chi connectivity index (χ0) is 13.6. The van der Waals surface area contributed by atoms with E-state index in [9.17, 15) is 8.42 Å². The molecule has 0 aromatic carbocycles. The molecule has 0 aliphatic rings. The first-order chi connectivity index (χ1) is 8.41. The van der Waals surface area contributed by atoms with Crippen LogP contribution in [0.25, 0.3) is 0 Å². The molecule has 0 radical (unpaired) electrons. The van der Waals surface area contributed by atoms with Crippen LogP contribution in [0.4, 0.5) is 0 Å². The number of nitrogens with zero attached hydrogens (tertiary/aromatic N) is 1. The largest absolute Gasteiger partial charge is 0.477 e. The van der Waals surface area contributed by atoms with Crippen LogP contribution in [0.15, 0.2) is 23.2 Å². The highest BCUT2D eigenvalue weighted by Crippen LogP contribution is 2.19. The molecule has 0 atom stereocenters. The van der Waals surface area contributed by atoms with Gasteiger partial charge in [0, 0.05) is 18.5 Å². The lowest BCUT2D eigenvalue weighted by Gasteiger charge is -2.10. The first-order valence-corrected chi connectivity index (χ1v) is 7.81. The minimum absolute atomic E-state index is 0.141. The third-order valence-corrected chi connectivity index (χ3v) is 3.36. The standard InChI is InChI=1S/C12H20N2O3S/c1-10(2)13-8-5-9-17-12-11(18(3,15)16)6-4-7-14-12/h4,6-7,10,13H,5,8-9H2,1-3H3. The van der Waals surface area contributed by atoms with Gasteiger partial charge in [-0.1, -0.05) is 13.8 Å². The van der Waals surface area contributed by atoms with Crippen LogP contribution in [0.2, 0.25) is 0 Å². The second-order valence-corrected chi connectivity index (χ2v) is 6.37. The van der Waals surface area contributed by atoms with Gasteiger partial charge in [0.05, 0.1) is 6.61 Å². The average Bonchev–Trinajstić information content (AvgIpc) is 2.27. The molecule has 18 heavy (non-hydrogen) atoms. The highest BCUT2D eigenvalue weighted by atomic mass is 32.2. The van der Waals surface area contributed by atoms with E-state index in [1.165, 1.54) is 12.3 Å². The van der Waals surface area contributed by atoms with Crippen LogP contribution in [0.1, 0.15) is 20.3 Å². The van der Waals surface area contributed by atoms with Gasteiger partial charge in [-0.25, -0.2) is 13.4 Å². The van der Waals surface area contributed by atoms with Crippen LogP contribution in [-0.2, 0) is 9.84 Å². The fourth-order valence-electron chi connectivity index (χ4n) is 1.40. The highest BCUT2D eigenvalue weighted by molar-refractivity contribution is 7.90. The summed E-state index contributed by atoms with van der Waals surface area (Å²) < 4.78 is 28.4. The van der Waals surface area contributed by atoms with Crippen molar-refractivity contribution in [2.75, 3.05) is 19.4 Å². The minimum atomic E-state index is -3.29. The van der Waals surface area contributed by atoms with Crippen LogP contribution in [0.3, 0.4) is 0 Å². The van der Waals surface area contributed by atoms with Gasteiger partial charge < -0.3 is 10.1 Å². The summed E-state index contributed by atoms with van der Waals surface area (Å²) in [6, 6.07) is 3.53. The third kappa shape index (κ3) is 5.01. The van der Waals surface area contributed by atoms with Crippen molar-refractivity contribution in [3.8, 4) is 5.88 Å². The Morgan fingerprint density at radius 1 is 1.44 bits per heavy atom. The summed E-state index contributed by atoms with van der Waals surface area (Å²) in [4.78, 5) is 4.10. The molecule has 0 aliphatic heterocycles. The van der Waals surface area contributed by atoms with Crippen molar-refractivity contribution in [2.24, 2.45) is 0 Å². The molecule has 0 amide bonds. The number of hydrogen-bond donors (Lipinski definition) is 1. The zero-order valence-corrected chi connectivity index (χ0v) is 11.8. The normalized spacial score (nSPS) is 11.8. The summed E-state index contributed by atoms with van der Waals surface area (Å²) in [5.41, 5.74) is 0. The molecule has 1 rings (SSSR count). The first kappa shape index (κ1) is 14.9. The van der Waals surface area contributed by atoms with Crippen molar-refractivity contribution in [1.29, 1.82) is 0 Å². The van der Waals surface area contributed by atoms with E-state index in [2.05, 4.69) is 24.1 Å². The van der Waals surface area contributed by atoms with Crippen LogP contribution >= 0.6 is 0 Å². The SMILES string of the molecule is CC(C)NCCCOc1ncccc1S(C)(=O)=O. The number of sulfone groups is 1. The molecule has 1 aromatic rings. The van der Waals surface area contributed by atoms with E-state index in [1.807, 2.05) is 0 Å². The first-order valence-electron chi connectivity index (χ1n) is 5.92.